The van der Waals surface area contributed by atoms with Crippen molar-refractivity contribution in [2.45, 2.75) is 46.3 Å². The molecule has 136 valence electrons. The van der Waals surface area contributed by atoms with E-state index in [1.165, 1.54) is 6.33 Å². The van der Waals surface area contributed by atoms with Gasteiger partial charge in [-0.3, -0.25) is 9.69 Å². The maximum absolute atomic E-state index is 12.1. The van der Waals surface area contributed by atoms with Gasteiger partial charge in [-0.2, -0.15) is 0 Å². The van der Waals surface area contributed by atoms with E-state index in [-0.39, 0.29) is 11.3 Å². The Morgan fingerprint density at radius 2 is 1.81 bits per heavy atom. The third-order valence-corrected chi connectivity index (χ3v) is 4.73. The molecule has 5 nitrogen and oxygen atoms in total. The van der Waals surface area contributed by atoms with Crippen LogP contribution in [0.15, 0.2) is 47.5 Å². The van der Waals surface area contributed by atoms with Crippen molar-refractivity contribution in [2.24, 2.45) is 0 Å². The van der Waals surface area contributed by atoms with Gasteiger partial charge in [0.15, 0.2) is 0 Å². The van der Waals surface area contributed by atoms with E-state index < -0.39 is 0 Å². The molecule has 0 radical (unpaired) electrons. The fourth-order valence-electron chi connectivity index (χ4n) is 3.41. The van der Waals surface area contributed by atoms with Crippen molar-refractivity contribution in [3.8, 4) is 16.9 Å². The van der Waals surface area contributed by atoms with Crippen molar-refractivity contribution in [3.63, 3.8) is 0 Å². The van der Waals surface area contributed by atoms with E-state index in [1.54, 1.807) is 12.1 Å². The van der Waals surface area contributed by atoms with Crippen LogP contribution < -0.4 is 5.56 Å². The van der Waals surface area contributed by atoms with E-state index in [0.717, 1.165) is 23.2 Å². The molecule has 0 bridgehead atoms. The second-order valence-corrected chi connectivity index (χ2v) is 7.14. The fourth-order valence-corrected chi connectivity index (χ4v) is 3.41. The van der Waals surface area contributed by atoms with Crippen LogP contribution in [-0.4, -0.2) is 32.1 Å². The Bertz CT molecular complexity index is 968. The van der Waals surface area contributed by atoms with Crippen LogP contribution in [0.5, 0.6) is 5.75 Å². The summed E-state index contributed by atoms with van der Waals surface area (Å²) >= 11 is 0. The van der Waals surface area contributed by atoms with Gasteiger partial charge in [0.25, 0.3) is 5.56 Å². The number of phenols is 1. The van der Waals surface area contributed by atoms with Crippen molar-refractivity contribution in [1.82, 2.24) is 14.9 Å². The van der Waals surface area contributed by atoms with Gasteiger partial charge >= 0.3 is 0 Å². The number of aromatic amines is 1. The Labute approximate surface area is 153 Å². The summed E-state index contributed by atoms with van der Waals surface area (Å²) in [5, 5.41) is 10.8. The molecule has 0 aliphatic carbocycles. The highest BCUT2D eigenvalue weighted by Crippen LogP contribution is 2.32. The highest BCUT2D eigenvalue weighted by atomic mass is 16.3. The van der Waals surface area contributed by atoms with E-state index >= 15 is 0 Å². The summed E-state index contributed by atoms with van der Waals surface area (Å²) in [5.41, 5.74) is 3.06. The standard InChI is InChI=1S/C21H25N3O2/c1-13(2)24(14(3)4)11-15-7-5-6-8-17(15)16-9-18-20(19(25)10-16)22-12-23-21(18)26/h5-10,12-14,25H,11H2,1-4H3,(H,22,23,26). The lowest BCUT2D eigenvalue weighted by molar-refractivity contribution is 0.166. The van der Waals surface area contributed by atoms with Gasteiger partial charge in [0.1, 0.15) is 11.3 Å². The molecule has 1 heterocycles. The van der Waals surface area contributed by atoms with E-state index in [2.05, 4.69) is 48.6 Å². The second-order valence-electron chi connectivity index (χ2n) is 7.14. The highest BCUT2D eigenvalue weighted by molar-refractivity contribution is 5.89. The molecule has 3 rings (SSSR count). The van der Waals surface area contributed by atoms with Gasteiger partial charge in [-0.1, -0.05) is 24.3 Å². The molecule has 2 aromatic carbocycles. The minimum Gasteiger partial charge on any atom is -0.506 e. The summed E-state index contributed by atoms with van der Waals surface area (Å²) in [6.07, 6.45) is 1.31. The lowest BCUT2D eigenvalue weighted by Gasteiger charge is -2.31. The number of nitrogens with one attached hydrogen (secondary N) is 1. The number of fused-ring (bicyclic) bond motifs is 1. The molecular weight excluding hydrogens is 326 g/mol. The van der Waals surface area contributed by atoms with Crippen molar-refractivity contribution in [3.05, 3.63) is 58.6 Å². The molecule has 0 amide bonds. The van der Waals surface area contributed by atoms with Crippen LogP contribution >= 0.6 is 0 Å². The number of phenolic OH excluding ortho intramolecular Hbond substituents is 1. The Kier molecular flexibility index (Phi) is 5.09. The summed E-state index contributed by atoms with van der Waals surface area (Å²) in [6.45, 7) is 9.56. The number of rotatable bonds is 5. The molecule has 0 aliphatic heterocycles. The van der Waals surface area contributed by atoms with Crippen LogP contribution in [0.25, 0.3) is 22.0 Å². The first-order chi connectivity index (χ1) is 12.4. The zero-order chi connectivity index (χ0) is 18.8. The SMILES string of the molecule is CC(C)N(Cc1ccccc1-c1cc(O)c2nc[nH]c(=O)c2c1)C(C)C. The van der Waals surface area contributed by atoms with E-state index in [4.69, 9.17) is 0 Å². The van der Waals surface area contributed by atoms with Gasteiger partial charge in [-0.05, 0) is 56.5 Å². The van der Waals surface area contributed by atoms with Crippen LogP contribution in [0.3, 0.4) is 0 Å². The van der Waals surface area contributed by atoms with Crippen LogP contribution in [0, 0.1) is 0 Å². The second kappa shape index (κ2) is 7.30. The molecule has 0 spiro atoms. The largest absolute Gasteiger partial charge is 0.506 e. The van der Waals surface area contributed by atoms with Gasteiger partial charge in [-0.25, -0.2) is 4.98 Å². The Balaban J connectivity index is 2.12. The Morgan fingerprint density at radius 3 is 2.50 bits per heavy atom. The van der Waals surface area contributed by atoms with E-state index in [0.29, 0.717) is 23.0 Å². The van der Waals surface area contributed by atoms with Crippen molar-refractivity contribution >= 4 is 10.9 Å². The molecule has 0 atom stereocenters. The topological polar surface area (TPSA) is 69.2 Å². The molecule has 26 heavy (non-hydrogen) atoms. The number of benzene rings is 2. The van der Waals surface area contributed by atoms with Gasteiger partial charge in [0.2, 0.25) is 0 Å². The van der Waals surface area contributed by atoms with Gasteiger partial charge in [0, 0.05) is 18.6 Å². The van der Waals surface area contributed by atoms with Crippen molar-refractivity contribution in [1.29, 1.82) is 0 Å². The monoisotopic (exact) mass is 351 g/mol. The maximum Gasteiger partial charge on any atom is 0.258 e. The van der Waals surface area contributed by atoms with E-state index in [9.17, 15) is 9.90 Å². The first-order valence-corrected chi connectivity index (χ1v) is 8.93. The molecule has 5 heteroatoms. The molecule has 2 N–H and O–H groups in total. The van der Waals surface area contributed by atoms with Gasteiger partial charge in [-0.15, -0.1) is 0 Å². The summed E-state index contributed by atoms with van der Waals surface area (Å²) < 4.78 is 0. The minimum absolute atomic E-state index is 0.0166. The molecule has 3 aromatic rings. The van der Waals surface area contributed by atoms with E-state index in [1.807, 2.05) is 18.2 Å². The van der Waals surface area contributed by atoms with Crippen LogP contribution in [0.1, 0.15) is 33.3 Å². The molecule has 0 aliphatic rings. The molecule has 0 saturated carbocycles. The smallest absolute Gasteiger partial charge is 0.258 e. The lowest BCUT2D eigenvalue weighted by atomic mass is 9.97. The number of hydrogen-bond acceptors (Lipinski definition) is 4. The average Bonchev–Trinajstić information content (AvgIpc) is 2.60. The molecule has 0 fully saturated rings. The third-order valence-electron chi connectivity index (χ3n) is 4.73. The van der Waals surface area contributed by atoms with Crippen molar-refractivity contribution in [2.75, 3.05) is 0 Å². The minimum atomic E-state index is -0.254. The summed E-state index contributed by atoms with van der Waals surface area (Å²) in [4.78, 5) is 21.2. The first kappa shape index (κ1) is 18.1. The van der Waals surface area contributed by atoms with Crippen molar-refractivity contribution < 1.29 is 5.11 Å². The number of nitrogens with zero attached hydrogens (tertiary/aromatic N) is 2. The van der Waals surface area contributed by atoms with Crippen LogP contribution in [0.2, 0.25) is 0 Å². The first-order valence-electron chi connectivity index (χ1n) is 8.93. The number of hydrogen-bond donors (Lipinski definition) is 2. The summed E-state index contributed by atoms with van der Waals surface area (Å²) in [6, 6.07) is 12.4. The normalized spacial score (nSPS) is 11.8. The lowest BCUT2D eigenvalue weighted by Crippen LogP contribution is -2.36. The number of H-pyrrole nitrogens is 1. The molecule has 0 saturated heterocycles. The number of aromatic nitrogens is 2. The molecular formula is C21H25N3O2. The zero-order valence-electron chi connectivity index (χ0n) is 15.7. The van der Waals surface area contributed by atoms with Crippen LogP contribution in [0.4, 0.5) is 0 Å². The fraction of sp³-hybridized carbons (Fsp3) is 0.333. The van der Waals surface area contributed by atoms with Crippen LogP contribution in [-0.2, 0) is 6.54 Å². The maximum atomic E-state index is 12.1. The zero-order valence-corrected chi connectivity index (χ0v) is 15.7. The third kappa shape index (κ3) is 3.48. The van der Waals surface area contributed by atoms with Gasteiger partial charge < -0.3 is 10.1 Å². The highest BCUT2D eigenvalue weighted by Gasteiger charge is 2.17. The average molecular weight is 351 g/mol. The summed E-state index contributed by atoms with van der Waals surface area (Å²) in [5.74, 6) is 0.0166. The Hall–Kier alpha value is -2.66. The quantitative estimate of drug-likeness (QED) is 0.731. The summed E-state index contributed by atoms with van der Waals surface area (Å²) in [7, 11) is 0. The predicted molar refractivity (Wildman–Crippen MR) is 105 cm³/mol. The number of aromatic hydroxyl groups is 1. The molecule has 0 unspecified atom stereocenters. The Morgan fingerprint density at radius 1 is 1.12 bits per heavy atom. The molecule has 1 aromatic heterocycles. The predicted octanol–water partition coefficient (Wildman–Crippen LogP) is 3.91. The van der Waals surface area contributed by atoms with Gasteiger partial charge in [0.05, 0.1) is 11.7 Å².